The second-order valence-corrected chi connectivity index (χ2v) is 9.26. The molecule has 0 unspecified atom stereocenters. The van der Waals surface area contributed by atoms with Crippen LogP contribution in [0.4, 0.5) is 16.1 Å². The van der Waals surface area contributed by atoms with Crippen molar-refractivity contribution >= 4 is 22.6 Å². The monoisotopic (exact) mass is 413 g/mol. The Balaban J connectivity index is 1.68. The number of aryl methyl sites for hydroxylation is 1. The Hall–Kier alpha value is -2.74. The molecule has 0 bridgehead atoms. The number of fused-ring (bicyclic) bond motifs is 1. The highest BCUT2D eigenvalue weighted by atomic mass is 19.1. The lowest BCUT2D eigenvalue weighted by atomic mass is 9.77. The number of pyridine rings is 1. The van der Waals surface area contributed by atoms with E-state index in [0.717, 1.165) is 27.7 Å². The van der Waals surface area contributed by atoms with Crippen LogP contribution in [0.3, 0.4) is 0 Å². The Bertz CT molecular complexity index is 1080. The summed E-state index contributed by atoms with van der Waals surface area (Å²) in [5.41, 5.74) is 3.44. The zero-order valence-corrected chi connectivity index (χ0v) is 18.0. The Labute approximate surface area is 175 Å². The van der Waals surface area contributed by atoms with Crippen LogP contribution in [0.5, 0.6) is 0 Å². The van der Waals surface area contributed by atoms with Crippen molar-refractivity contribution in [2.75, 3.05) is 24.4 Å². The van der Waals surface area contributed by atoms with E-state index < -0.39 is 12.3 Å². The van der Waals surface area contributed by atoms with Gasteiger partial charge in [-0.05, 0) is 54.5 Å². The molecule has 3 aromatic rings. The van der Waals surface area contributed by atoms with Gasteiger partial charge in [-0.1, -0.05) is 25.9 Å². The van der Waals surface area contributed by atoms with Crippen molar-refractivity contribution in [3.63, 3.8) is 0 Å². The molecule has 30 heavy (non-hydrogen) atoms. The SMILES string of the molecule is CNc1cc(C(C)(C)C)c2nc(-c3nnc(NC4CC(O)(CF)C4)o3)cc(C)c2c1. The van der Waals surface area contributed by atoms with Crippen LogP contribution in [-0.4, -0.2) is 45.7 Å². The molecule has 0 aliphatic heterocycles. The van der Waals surface area contributed by atoms with Gasteiger partial charge in [-0.3, -0.25) is 0 Å². The maximum Gasteiger partial charge on any atom is 0.316 e. The van der Waals surface area contributed by atoms with Gasteiger partial charge in [0.05, 0.1) is 11.1 Å². The average Bonchev–Trinajstić information content (AvgIpc) is 3.13. The largest absolute Gasteiger partial charge is 0.402 e. The van der Waals surface area contributed by atoms with E-state index in [1.165, 1.54) is 0 Å². The molecule has 7 nitrogen and oxygen atoms in total. The smallest absolute Gasteiger partial charge is 0.316 e. The molecule has 0 spiro atoms. The predicted molar refractivity (Wildman–Crippen MR) is 116 cm³/mol. The third-order valence-corrected chi connectivity index (χ3v) is 5.69. The fraction of sp³-hybridized carbons (Fsp3) is 0.500. The molecule has 0 amide bonds. The summed E-state index contributed by atoms with van der Waals surface area (Å²) in [6, 6.07) is 6.33. The fourth-order valence-electron chi connectivity index (χ4n) is 3.95. The molecular weight excluding hydrogens is 385 g/mol. The average molecular weight is 413 g/mol. The van der Waals surface area contributed by atoms with Crippen molar-refractivity contribution in [2.24, 2.45) is 0 Å². The molecule has 1 aliphatic rings. The number of nitrogens with zero attached hydrogens (tertiary/aromatic N) is 3. The number of hydrogen-bond acceptors (Lipinski definition) is 7. The Morgan fingerprint density at radius 2 is 1.97 bits per heavy atom. The Morgan fingerprint density at radius 1 is 1.23 bits per heavy atom. The molecule has 2 aromatic heterocycles. The summed E-state index contributed by atoms with van der Waals surface area (Å²) < 4.78 is 18.5. The van der Waals surface area contributed by atoms with Crippen molar-refractivity contribution in [1.29, 1.82) is 0 Å². The summed E-state index contributed by atoms with van der Waals surface area (Å²) >= 11 is 0. The third-order valence-electron chi connectivity index (χ3n) is 5.69. The van der Waals surface area contributed by atoms with Crippen molar-refractivity contribution in [2.45, 2.75) is 57.6 Å². The number of benzene rings is 1. The van der Waals surface area contributed by atoms with E-state index in [9.17, 15) is 9.50 Å². The lowest BCUT2D eigenvalue weighted by Crippen LogP contribution is -2.52. The van der Waals surface area contributed by atoms with E-state index in [1.807, 2.05) is 20.0 Å². The molecule has 4 rings (SSSR count). The zero-order chi connectivity index (χ0) is 21.7. The minimum Gasteiger partial charge on any atom is -0.402 e. The molecule has 1 saturated carbocycles. The Kier molecular flexibility index (Phi) is 4.92. The third kappa shape index (κ3) is 3.71. The van der Waals surface area contributed by atoms with E-state index in [1.54, 1.807) is 0 Å². The van der Waals surface area contributed by atoms with E-state index in [0.29, 0.717) is 24.4 Å². The summed E-state index contributed by atoms with van der Waals surface area (Å²) in [5, 5.41) is 25.4. The highest BCUT2D eigenvalue weighted by Crippen LogP contribution is 2.36. The summed E-state index contributed by atoms with van der Waals surface area (Å²) in [6.07, 6.45) is 0.634. The van der Waals surface area contributed by atoms with Crippen molar-refractivity contribution in [3.05, 3.63) is 29.3 Å². The summed E-state index contributed by atoms with van der Waals surface area (Å²) in [4.78, 5) is 4.87. The lowest BCUT2D eigenvalue weighted by molar-refractivity contribution is -0.0592. The normalized spacial score (nSPS) is 21.5. The molecule has 1 fully saturated rings. The number of aliphatic hydroxyl groups is 1. The van der Waals surface area contributed by atoms with Crippen molar-refractivity contribution in [3.8, 4) is 11.6 Å². The first-order valence-electron chi connectivity index (χ1n) is 10.1. The van der Waals surface area contributed by atoms with Gasteiger partial charge in [-0.25, -0.2) is 9.37 Å². The molecule has 3 N–H and O–H groups in total. The number of anilines is 2. The van der Waals surface area contributed by atoms with Gasteiger partial charge in [-0.2, -0.15) is 0 Å². The lowest BCUT2D eigenvalue weighted by Gasteiger charge is -2.41. The molecule has 1 aliphatic carbocycles. The Morgan fingerprint density at radius 3 is 2.60 bits per heavy atom. The van der Waals surface area contributed by atoms with Gasteiger partial charge in [0.15, 0.2) is 0 Å². The number of aromatic nitrogens is 3. The highest BCUT2D eigenvalue weighted by Gasteiger charge is 2.43. The first kappa shape index (κ1) is 20.5. The second-order valence-electron chi connectivity index (χ2n) is 9.26. The van der Waals surface area contributed by atoms with Crippen LogP contribution in [0.2, 0.25) is 0 Å². The number of halogens is 1. The molecule has 0 atom stereocenters. The first-order valence-corrected chi connectivity index (χ1v) is 10.1. The maximum absolute atomic E-state index is 12.7. The first-order chi connectivity index (χ1) is 14.1. The van der Waals surface area contributed by atoms with E-state index in [2.05, 4.69) is 53.7 Å². The molecule has 0 saturated heterocycles. The molecule has 8 heteroatoms. The minimum absolute atomic E-state index is 0.0854. The number of nitrogens with one attached hydrogen (secondary N) is 2. The van der Waals surface area contributed by atoms with Crippen LogP contribution in [0, 0.1) is 6.92 Å². The van der Waals surface area contributed by atoms with Crippen LogP contribution in [0.15, 0.2) is 22.6 Å². The standard InChI is InChI=1S/C22H28FN5O2/c1-12-6-17(19-27-28-20(30-19)25-14-9-22(29,10-14)11-23)26-18-15(12)7-13(24-5)8-16(18)21(2,3)4/h6-8,14,24,29H,9-11H2,1-5H3,(H,25,28). The van der Waals surface area contributed by atoms with Gasteiger partial charge in [0, 0.05) is 24.2 Å². The predicted octanol–water partition coefficient (Wildman–Crippen LogP) is 4.21. The summed E-state index contributed by atoms with van der Waals surface area (Å²) in [6.45, 7) is 7.79. The van der Waals surface area contributed by atoms with Crippen LogP contribution < -0.4 is 10.6 Å². The number of alkyl halides is 1. The van der Waals surface area contributed by atoms with E-state index in [4.69, 9.17) is 9.40 Å². The molecular formula is C22H28FN5O2. The van der Waals surface area contributed by atoms with Gasteiger partial charge >= 0.3 is 6.01 Å². The second kappa shape index (κ2) is 7.19. The number of hydrogen-bond donors (Lipinski definition) is 3. The molecule has 1 aromatic carbocycles. The van der Waals surface area contributed by atoms with Crippen LogP contribution in [0.1, 0.15) is 44.7 Å². The number of rotatable bonds is 5. The maximum atomic E-state index is 12.7. The van der Waals surface area contributed by atoms with E-state index in [-0.39, 0.29) is 17.5 Å². The molecule has 0 radical (unpaired) electrons. The quantitative estimate of drug-likeness (QED) is 0.577. The molecule has 160 valence electrons. The highest BCUT2D eigenvalue weighted by molar-refractivity contribution is 5.90. The van der Waals surface area contributed by atoms with Crippen LogP contribution >= 0.6 is 0 Å². The summed E-state index contributed by atoms with van der Waals surface area (Å²) in [5.74, 6) is 0.320. The van der Waals surface area contributed by atoms with Crippen LogP contribution in [-0.2, 0) is 5.41 Å². The minimum atomic E-state index is -1.23. The summed E-state index contributed by atoms with van der Waals surface area (Å²) in [7, 11) is 1.91. The van der Waals surface area contributed by atoms with Gasteiger partial charge in [-0.15, -0.1) is 5.10 Å². The zero-order valence-electron chi connectivity index (χ0n) is 18.0. The fourth-order valence-corrected chi connectivity index (χ4v) is 3.95. The van der Waals surface area contributed by atoms with Gasteiger partial charge in [0.1, 0.15) is 12.4 Å². The topological polar surface area (TPSA) is 96.1 Å². The van der Waals surface area contributed by atoms with Gasteiger partial charge in [0.25, 0.3) is 5.89 Å². The molecule has 2 heterocycles. The van der Waals surface area contributed by atoms with Crippen molar-refractivity contribution < 1.29 is 13.9 Å². The van der Waals surface area contributed by atoms with E-state index >= 15 is 0 Å². The van der Waals surface area contributed by atoms with Crippen molar-refractivity contribution in [1.82, 2.24) is 15.2 Å². The van der Waals surface area contributed by atoms with Gasteiger partial charge < -0.3 is 20.2 Å². The van der Waals surface area contributed by atoms with Crippen LogP contribution in [0.25, 0.3) is 22.5 Å². The van der Waals surface area contributed by atoms with Gasteiger partial charge in [0.2, 0.25) is 0 Å².